The van der Waals surface area contributed by atoms with Crippen molar-refractivity contribution in [2.75, 3.05) is 6.54 Å². The molecular weight excluding hydrogens is 370 g/mol. The number of amides is 3. The summed E-state index contributed by atoms with van der Waals surface area (Å²) >= 11 is 0. The number of benzene rings is 1. The average molecular weight is 406 g/mol. The van der Waals surface area contributed by atoms with Crippen LogP contribution in [0.1, 0.15) is 53.0 Å². The molecule has 1 aromatic carbocycles. The van der Waals surface area contributed by atoms with E-state index in [-0.39, 0.29) is 24.3 Å². The summed E-state index contributed by atoms with van der Waals surface area (Å²) in [6, 6.07) is 7.90. The molecule has 7 heteroatoms. The third kappa shape index (κ3) is 9.96. The lowest BCUT2D eigenvalue weighted by molar-refractivity contribution is -0.130. The Morgan fingerprint density at radius 1 is 0.897 bits per heavy atom. The van der Waals surface area contributed by atoms with Gasteiger partial charge in [-0.15, -0.1) is 0 Å². The molecule has 1 rings (SSSR count). The maximum atomic E-state index is 12.7. The Kier molecular flexibility index (Phi) is 10.8. The van der Waals surface area contributed by atoms with Gasteiger partial charge in [-0.1, -0.05) is 65.0 Å². The second-order valence-electron chi connectivity index (χ2n) is 8.00. The van der Waals surface area contributed by atoms with E-state index in [0.29, 0.717) is 25.3 Å². The Hall–Kier alpha value is -2.57. The minimum Gasteiger partial charge on any atom is -0.445 e. The lowest BCUT2D eigenvalue weighted by atomic mass is 10.0. The summed E-state index contributed by atoms with van der Waals surface area (Å²) in [5, 5.41) is 8.22. The molecule has 0 fully saturated rings. The van der Waals surface area contributed by atoms with E-state index in [2.05, 4.69) is 16.0 Å². The fourth-order valence-corrected chi connectivity index (χ4v) is 2.66. The van der Waals surface area contributed by atoms with Crippen LogP contribution < -0.4 is 16.0 Å². The van der Waals surface area contributed by atoms with Gasteiger partial charge in [0, 0.05) is 6.54 Å². The highest BCUT2D eigenvalue weighted by Crippen LogP contribution is 2.07. The molecule has 0 saturated heterocycles. The van der Waals surface area contributed by atoms with Gasteiger partial charge in [0.05, 0.1) is 0 Å². The molecule has 3 N–H and O–H groups in total. The summed E-state index contributed by atoms with van der Waals surface area (Å²) in [4.78, 5) is 37.2. The van der Waals surface area contributed by atoms with Gasteiger partial charge in [-0.05, 0) is 30.2 Å². The van der Waals surface area contributed by atoms with Gasteiger partial charge in [-0.3, -0.25) is 9.59 Å². The van der Waals surface area contributed by atoms with E-state index in [9.17, 15) is 14.4 Å². The number of ether oxygens (including phenoxy) is 1. The SMILES string of the molecule is CC[C@H](NC(=O)[C@H](CC(C)C)NC(=O)OCc1ccccc1)C(=O)NCC(C)C. The number of alkyl carbamates (subject to hydrolysis) is 1. The van der Waals surface area contributed by atoms with Crippen LogP contribution in [0.15, 0.2) is 30.3 Å². The van der Waals surface area contributed by atoms with Gasteiger partial charge in [0.25, 0.3) is 0 Å². The van der Waals surface area contributed by atoms with Gasteiger partial charge in [-0.2, -0.15) is 0 Å². The second kappa shape index (κ2) is 12.8. The van der Waals surface area contributed by atoms with Crippen LogP contribution in [-0.2, 0) is 20.9 Å². The van der Waals surface area contributed by atoms with Gasteiger partial charge in [0.1, 0.15) is 18.7 Å². The molecule has 1 aromatic rings. The molecule has 0 unspecified atom stereocenters. The molecule has 0 aromatic heterocycles. The summed E-state index contributed by atoms with van der Waals surface area (Å²) in [6.07, 6.45) is 0.241. The molecule has 7 nitrogen and oxygen atoms in total. The van der Waals surface area contributed by atoms with E-state index < -0.39 is 18.2 Å². The second-order valence-corrected chi connectivity index (χ2v) is 8.00. The standard InChI is InChI=1S/C22H35N3O4/c1-6-18(20(26)23-13-16(4)5)24-21(27)19(12-15(2)3)25-22(28)29-14-17-10-8-7-9-11-17/h7-11,15-16,18-19H,6,12-14H2,1-5H3,(H,23,26)(H,24,27)(H,25,28)/t18-,19-/m0/s1. The number of rotatable bonds is 11. The fraction of sp³-hybridized carbons (Fsp3) is 0.591. The average Bonchev–Trinajstić information content (AvgIpc) is 2.68. The molecule has 0 aliphatic rings. The van der Waals surface area contributed by atoms with Crippen molar-refractivity contribution >= 4 is 17.9 Å². The third-order valence-corrected chi connectivity index (χ3v) is 4.25. The van der Waals surface area contributed by atoms with Crippen molar-refractivity contribution in [3.05, 3.63) is 35.9 Å². The Bertz CT molecular complexity index is 647. The Morgan fingerprint density at radius 3 is 2.10 bits per heavy atom. The van der Waals surface area contributed by atoms with Crippen LogP contribution in [0.2, 0.25) is 0 Å². The van der Waals surface area contributed by atoms with Gasteiger partial charge in [0.15, 0.2) is 0 Å². The molecule has 162 valence electrons. The molecule has 0 spiro atoms. The Morgan fingerprint density at radius 2 is 1.55 bits per heavy atom. The van der Waals surface area contributed by atoms with Crippen molar-refractivity contribution in [2.24, 2.45) is 11.8 Å². The topological polar surface area (TPSA) is 96.5 Å². The summed E-state index contributed by atoms with van der Waals surface area (Å²) in [5.74, 6) is -0.108. The third-order valence-electron chi connectivity index (χ3n) is 4.25. The zero-order valence-corrected chi connectivity index (χ0v) is 18.2. The van der Waals surface area contributed by atoms with Crippen LogP contribution in [-0.4, -0.2) is 36.5 Å². The first kappa shape index (κ1) is 24.5. The van der Waals surface area contributed by atoms with E-state index in [1.807, 2.05) is 65.0 Å². The van der Waals surface area contributed by atoms with Gasteiger partial charge in [-0.25, -0.2) is 4.79 Å². The summed E-state index contributed by atoms with van der Waals surface area (Å²) in [6.45, 7) is 10.4. The number of nitrogens with one attached hydrogen (secondary N) is 3. The largest absolute Gasteiger partial charge is 0.445 e. The summed E-state index contributed by atoms with van der Waals surface area (Å²) in [7, 11) is 0. The highest BCUT2D eigenvalue weighted by Gasteiger charge is 2.27. The van der Waals surface area contributed by atoms with Crippen LogP contribution >= 0.6 is 0 Å². The molecule has 0 bridgehead atoms. The summed E-state index contributed by atoms with van der Waals surface area (Å²) in [5.41, 5.74) is 0.861. The van der Waals surface area contributed by atoms with Crippen LogP contribution in [0.25, 0.3) is 0 Å². The lowest BCUT2D eigenvalue weighted by Crippen LogP contribution is -2.54. The normalized spacial score (nSPS) is 12.9. The molecular formula is C22H35N3O4. The molecule has 0 aliphatic heterocycles. The van der Waals surface area contributed by atoms with Gasteiger partial charge >= 0.3 is 6.09 Å². The van der Waals surface area contributed by atoms with Gasteiger partial charge in [0.2, 0.25) is 11.8 Å². The maximum absolute atomic E-state index is 12.7. The van der Waals surface area contributed by atoms with Crippen LogP contribution in [0.4, 0.5) is 4.79 Å². The Labute approximate surface area is 174 Å². The minimum atomic E-state index is -0.773. The number of hydrogen-bond acceptors (Lipinski definition) is 4. The molecule has 0 heterocycles. The van der Waals surface area contributed by atoms with Crippen molar-refractivity contribution in [2.45, 2.75) is 66.2 Å². The molecule has 29 heavy (non-hydrogen) atoms. The fourth-order valence-electron chi connectivity index (χ4n) is 2.66. The van der Waals surface area contributed by atoms with E-state index in [0.717, 1.165) is 5.56 Å². The number of carbonyl (C=O) groups is 3. The van der Waals surface area contributed by atoms with Crippen LogP contribution in [0.3, 0.4) is 0 Å². The molecule has 2 atom stereocenters. The van der Waals surface area contributed by atoms with E-state index in [4.69, 9.17) is 4.74 Å². The number of hydrogen-bond donors (Lipinski definition) is 3. The lowest BCUT2D eigenvalue weighted by Gasteiger charge is -2.23. The highest BCUT2D eigenvalue weighted by atomic mass is 16.5. The first-order valence-electron chi connectivity index (χ1n) is 10.3. The summed E-state index contributed by atoms with van der Waals surface area (Å²) < 4.78 is 5.22. The van der Waals surface area contributed by atoms with Crippen molar-refractivity contribution in [1.29, 1.82) is 0 Å². The molecule has 0 aliphatic carbocycles. The predicted octanol–water partition coefficient (Wildman–Crippen LogP) is 2.99. The van der Waals surface area contributed by atoms with Crippen molar-refractivity contribution in [1.82, 2.24) is 16.0 Å². The zero-order valence-electron chi connectivity index (χ0n) is 18.2. The quantitative estimate of drug-likeness (QED) is 0.527. The smallest absolute Gasteiger partial charge is 0.408 e. The van der Waals surface area contributed by atoms with E-state index >= 15 is 0 Å². The molecule has 0 saturated carbocycles. The molecule has 3 amide bonds. The first-order chi connectivity index (χ1) is 13.7. The maximum Gasteiger partial charge on any atom is 0.408 e. The monoisotopic (exact) mass is 405 g/mol. The van der Waals surface area contributed by atoms with Gasteiger partial charge < -0.3 is 20.7 Å². The van der Waals surface area contributed by atoms with Crippen molar-refractivity contribution < 1.29 is 19.1 Å². The highest BCUT2D eigenvalue weighted by molar-refractivity contribution is 5.91. The van der Waals surface area contributed by atoms with E-state index in [1.54, 1.807) is 0 Å². The van der Waals surface area contributed by atoms with E-state index in [1.165, 1.54) is 0 Å². The first-order valence-corrected chi connectivity index (χ1v) is 10.3. The van der Waals surface area contributed by atoms with Crippen LogP contribution in [0.5, 0.6) is 0 Å². The van der Waals surface area contributed by atoms with Crippen molar-refractivity contribution in [3.8, 4) is 0 Å². The predicted molar refractivity (Wildman–Crippen MR) is 113 cm³/mol. The Balaban J connectivity index is 2.65. The minimum absolute atomic E-state index is 0.123. The number of carbonyl (C=O) groups excluding carboxylic acids is 3. The molecule has 0 radical (unpaired) electrons. The van der Waals surface area contributed by atoms with Crippen LogP contribution in [0, 0.1) is 11.8 Å². The van der Waals surface area contributed by atoms with Crippen molar-refractivity contribution in [3.63, 3.8) is 0 Å². The zero-order chi connectivity index (χ0) is 21.8.